The zero-order valence-electron chi connectivity index (χ0n) is 17.9. The fourth-order valence-corrected chi connectivity index (χ4v) is 4.70. The second kappa shape index (κ2) is 9.20. The normalized spacial score (nSPS) is 19.8. The molecule has 2 aliphatic rings. The van der Waals surface area contributed by atoms with Crippen molar-refractivity contribution in [3.8, 4) is 0 Å². The maximum absolute atomic E-state index is 12.9. The van der Waals surface area contributed by atoms with Gasteiger partial charge in [0.1, 0.15) is 5.69 Å². The van der Waals surface area contributed by atoms with Crippen LogP contribution in [-0.4, -0.2) is 63.7 Å². The van der Waals surface area contributed by atoms with E-state index in [9.17, 15) is 9.59 Å². The number of hydrogen-bond acceptors (Lipinski definition) is 5. The molecule has 0 aliphatic carbocycles. The van der Waals surface area contributed by atoms with E-state index < -0.39 is 5.60 Å². The monoisotopic (exact) mass is 426 g/mol. The lowest BCUT2D eigenvalue weighted by Gasteiger charge is -2.47. The minimum Gasteiger partial charge on any atom is -0.396 e. The van der Waals surface area contributed by atoms with Gasteiger partial charge >= 0.3 is 0 Å². The Morgan fingerprint density at radius 1 is 1.29 bits per heavy atom. The maximum atomic E-state index is 12.9. The number of carbonyl (C=O) groups is 2. The van der Waals surface area contributed by atoms with Crippen molar-refractivity contribution in [1.29, 1.82) is 0 Å². The van der Waals surface area contributed by atoms with Gasteiger partial charge in [-0.1, -0.05) is 24.3 Å². The highest BCUT2D eigenvalue weighted by Crippen LogP contribution is 2.44. The van der Waals surface area contributed by atoms with Crippen LogP contribution in [0.25, 0.3) is 0 Å². The zero-order chi connectivity index (χ0) is 21.8. The Morgan fingerprint density at radius 3 is 2.77 bits per heavy atom. The molecule has 8 heteroatoms. The van der Waals surface area contributed by atoms with Crippen LogP contribution in [0.5, 0.6) is 0 Å². The largest absolute Gasteiger partial charge is 0.396 e. The van der Waals surface area contributed by atoms with Gasteiger partial charge in [0.25, 0.3) is 5.91 Å². The number of aliphatic hydroxyl groups is 1. The summed E-state index contributed by atoms with van der Waals surface area (Å²) in [4.78, 5) is 31.1. The molecule has 2 amide bonds. The molecule has 0 bridgehead atoms. The number of aliphatic hydroxyl groups excluding tert-OH is 1. The van der Waals surface area contributed by atoms with Gasteiger partial charge in [-0.2, -0.15) is 0 Å². The van der Waals surface area contributed by atoms with Gasteiger partial charge in [-0.15, -0.1) is 0 Å². The topological polar surface area (TPSA) is 96.7 Å². The predicted octanol–water partition coefficient (Wildman–Crippen LogP) is 1.38. The number of aromatic nitrogens is 2. The molecule has 0 saturated carbocycles. The third-order valence-corrected chi connectivity index (χ3v) is 6.31. The number of rotatable bonds is 6. The molecule has 1 aromatic carbocycles. The highest BCUT2D eigenvalue weighted by molar-refractivity contribution is 5.92. The minimum absolute atomic E-state index is 0.0150. The highest BCUT2D eigenvalue weighted by atomic mass is 16.5. The first-order valence-electron chi connectivity index (χ1n) is 10.9. The van der Waals surface area contributed by atoms with Crippen LogP contribution in [0.3, 0.4) is 0 Å². The summed E-state index contributed by atoms with van der Waals surface area (Å²) in [7, 11) is 1.82. The van der Waals surface area contributed by atoms with Gasteiger partial charge in [-0.3, -0.25) is 9.59 Å². The Labute approximate surface area is 182 Å². The van der Waals surface area contributed by atoms with Gasteiger partial charge in [0.2, 0.25) is 5.91 Å². The SMILES string of the molecule is Cn1cncc1C(=O)N1CCC2(CC1)OC(CC(=O)NCCCO)Cc1ccccc12. The molecular weight excluding hydrogens is 396 g/mol. The van der Waals surface area contributed by atoms with Crippen LogP contribution in [0.2, 0.25) is 0 Å². The molecule has 166 valence electrons. The Balaban J connectivity index is 1.47. The fourth-order valence-electron chi connectivity index (χ4n) is 4.70. The Hall–Kier alpha value is -2.71. The standard InChI is InChI=1S/C23H30N4O4/c1-26-16-24-15-20(26)22(30)27-10-7-23(8-11-27)19-6-3-2-5-17(19)13-18(31-23)14-21(29)25-9-4-12-28/h2-3,5-6,15-16,18,28H,4,7-14H2,1H3,(H,25,29). The van der Waals surface area contributed by atoms with Crippen LogP contribution in [0.4, 0.5) is 0 Å². The van der Waals surface area contributed by atoms with Gasteiger partial charge in [0.15, 0.2) is 0 Å². The van der Waals surface area contributed by atoms with Crippen LogP contribution in [0, 0.1) is 0 Å². The molecule has 4 rings (SSSR count). The molecule has 2 N–H and O–H groups in total. The molecule has 1 fully saturated rings. The maximum Gasteiger partial charge on any atom is 0.272 e. The van der Waals surface area contributed by atoms with E-state index >= 15 is 0 Å². The number of imidazole rings is 1. The van der Waals surface area contributed by atoms with Crippen molar-refractivity contribution in [3.05, 3.63) is 53.6 Å². The van der Waals surface area contributed by atoms with E-state index in [2.05, 4.69) is 22.4 Å². The molecule has 1 spiro atoms. The molecule has 1 aromatic heterocycles. The van der Waals surface area contributed by atoms with E-state index in [0.29, 0.717) is 57.4 Å². The van der Waals surface area contributed by atoms with Crippen molar-refractivity contribution in [2.45, 2.75) is 43.8 Å². The summed E-state index contributed by atoms with van der Waals surface area (Å²) in [6, 6.07) is 8.28. The van der Waals surface area contributed by atoms with Crippen LogP contribution >= 0.6 is 0 Å². The van der Waals surface area contributed by atoms with Crippen molar-refractivity contribution in [1.82, 2.24) is 19.8 Å². The number of aryl methyl sites for hydroxylation is 1. The van der Waals surface area contributed by atoms with E-state index in [0.717, 1.165) is 0 Å². The average molecular weight is 427 g/mol. The Morgan fingerprint density at radius 2 is 2.06 bits per heavy atom. The Kier molecular flexibility index (Phi) is 6.38. The van der Waals surface area contributed by atoms with E-state index in [1.165, 1.54) is 11.1 Å². The van der Waals surface area contributed by atoms with Gasteiger partial charge in [-0.05, 0) is 36.8 Å². The fraction of sp³-hybridized carbons (Fsp3) is 0.522. The van der Waals surface area contributed by atoms with Gasteiger partial charge in [0, 0.05) is 33.3 Å². The van der Waals surface area contributed by atoms with Crippen molar-refractivity contribution in [2.24, 2.45) is 7.05 Å². The Bertz CT molecular complexity index is 933. The van der Waals surface area contributed by atoms with Gasteiger partial charge in [0.05, 0.1) is 30.7 Å². The van der Waals surface area contributed by atoms with Crippen LogP contribution in [0.15, 0.2) is 36.8 Å². The van der Waals surface area contributed by atoms with Gasteiger partial charge in [-0.25, -0.2) is 4.98 Å². The molecule has 0 radical (unpaired) electrons. The lowest BCUT2D eigenvalue weighted by Crippen LogP contribution is -2.51. The number of fused-ring (bicyclic) bond motifs is 2. The molecule has 31 heavy (non-hydrogen) atoms. The molecule has 8 nitrogen and oxygen atoms in total. The summed E-state index contributed by atoms with van der Waals surface area (Å²) in [6.07, 6.45) is 5.95. The van der Waals surface area contributed by atoms with E-state index in [-0.39, 0.29) is 24.5 Å². The lowest BCUT2D eigenvalue weighted by atomic mass is 9.77. The smallest absolute Gasteiger partial charge is 0.272 e. The summed E-state index contributed by atoms with van der Waals surface area (Å²) in [5.41, 5.74) is 2.50. The van der Waals surface area contributed by atoms with Crippen LogP contribution in [0.1, 0.15) is 47.3 Å². The predicted molar refractivity (Wildman–Crippen MR) is 114 cm³/mol. The number of benzene rings is 1. The van der Waals surface area contributed by atoms with Crippen LogP contribution in [-0.2, 0) is 28.6 Å². The second-order valence-electron chi connectivity index (χ2n) is 8.41. The number of piperidine rings is 1. The molecule has 1 unspecified atom stereocenters. The van der Waals surface area contributed by atoms with Crippen LogP contribution < -0.4 is 5.32 Å². The number of amides is 2. The molecular formula is C23H30N4O4. The van der Waals surface area contributed by atoms with E-state index in [1.807, 2.05) is 24.1 Å². The quantitative estimate of drug-likeness (QED) is 0.681. The number of likely N-dealkylation sites (tertiary alicyclic amines) is 1. The summed E-state index contributed by atoms with van der Waals surface area (Å²) < 4.78 is 8.34. The van der Waals surface area contributed by atoms with Crippen molar-refractivity contribution < 1.29 is 19.4 Å². The molecule has 1 saturated heterocycles. The summed E-state index contributed by atoms with van der Waals surface area (Å²) >= 11 is 0. The third kappa shape index (κ3) is 4.50. The lowest BCUT2D eigenvalue weighted by molar-refractivity contribution is -0.147. The number of ether oxygens (including phenoxy) is 1. The highest BCUT2D eigenvalue weighted by Gasteiger charge is 2.44. The van der Waals surface area contributed by atoms with Crippen molar-refractivity contribution in [2.75, 3.05) is 26.2 Å². The second-order valence-corrected chi connectivity index (χ2v) is 8.41. The van der Waals surface area contributed by atoms with Crippen molar-refractivity contribution in [3.63, 3.8) is 0 Å². The number of carbonyl (C=O) groups excluding carboxylic acids is 2. The summed E-state index contributed by atoms with van der Waals surface area (Å²) in [6.45, 7) is 1.71. The minimum atomic E-state index is -0.478. The van der Waals surface area contributed by atoms with Gasteiger partial charge < -0.3 is 24.6 Å². The average Bonchev–Trinajstić information content (AvgIpc) is 3.20. The van der Waals surface area contributed by atoms with E-state index in [4.69, 9.17) is 9.84 Å². The first kappa shape index (κ1) is 21.5. The summed E-state index contributed by atoms with van der Waals surface area (Å²) in [5, 5.41) is 11.8. The van der Waals surface area contributed by atoms with Crippen molar-refractivity contribution >= 4 is 11.8 Å². The summed E-state index contributed by atoms with van der Waals surface area (Å²) in [5.74, 6) is -0.0736. The zero-order valence-corrected chi connectivity index (χ0v) is 17.9. The molecule has 2 aromatic rings. The number of hydrogen-bond donors (Lipinski definition) is 2. The molecule has 2 aliphatic heterocycles. The first-order chi connectivity index (χ1) is 15.0. The third-order valence-electron chi connectivity index (χ3n) is 6.31. The number of nitrogens with one attached hydrogen (secondary N) is 1. The molecule has 1 atom stereocenters. The number of nitrogens with zero attached hydrogens (tertiary/aromatic N) is 3. The molecule has 3 heterocycles. The first-order valence-corrected chi connectivity index (χ1v) is 10.9. The van der Waals surface area contributed by atoms with E-state index in [1.54, 1.807) is 17.1 Å².